The molecule has 0 heterocycles. The molecule has 0 spiro atoms. The summed E-state index contributed by atoms with van der Waals surface area (Å²) < 4.78 is 13.4. The molecule has 1 saturated carbocycles. The van der Waals surface area contributed by atoms with Crippen LogP contribution in [0.2, 0.25) is 0 Å². The van der Waals surface area contributed by atoms with E-state index in [1.165, 1.54) is 18.9 Å². The minimum absolute atomic E-state index is 0.164. The molecule has 1 fully saturated rings. The van der Waals surface area contributed by atoms with Crippen molar-refractivity contribution in [2.45, 2.75) is 25.8 Å². The van der Waals surface area contributed by atoms with Crippen molar-refractivity contribution in [1.82, 2.24) is 0 Å². The van der Waals surface area contributed by atoms with Gasteiger partial charge in [0.15, 0.2) is 6.29 Å². The summed E-state index contributed by atoms with van der Waals surface area (Å²) in [5, 5.41) is 0. The number of hydrogen-bond acceptors (Lipinski definition) is 2. The maximum atomic E-state index is 13.4. The molecule has 1 aliphatic carbocycles. The Hall–Kier alpha value is -1.38. The van der Waals surface area contributed by atoms with Crippen molar-refractivity contribution in [3.05, 3.63) is 29.6 Å². The smallest absolute Gasteiger partial charge is 0.155 e. The summed E-state index contributed by atoms with van der Waals surface area (Å²) >= 11 is 0. The van der Waals surface area contributed by atoms with Crippen LogP contribution in [0.25, 0.3) is 0 Å². The van der Waals surface area contributed by atoms with Gasteiger partial charge in [0, 0.05) is 13.1 Å². The second-order valence-electron chi connectivity index (χ2n) is 4.48. The molecule has 1 aliphatic rings. The molecule has 3 heteroatoms. The summed E-state index contributed by atoms with van der Waals surface area (Å²) in [6.45, 7) is 2.12. The first-order valence-corrected chi connectivity index (χ1v) is 5.61. The standard InChI is InChI=1S/C13H16FNO/c1-9(10-6-7-10)15(2)13-5-3-4-12(14)11(13)8-16/h3-5,8-10H,6-7H2,1-2H3. The topological polar surface area (TPSA) is 20.3 Å². The Labute approximate surface area is 95.1 Å². The van der Waals surface area contributed by atoms with Gasteiger partial charge in [-0.15, -0.1) is 0 Å². The number of benzene rings is 1. The Morgan fingerprint density at radius 3 is 2.75 bits per heavy atom. The first kappa shape index (κ1) is 11.1. The third kappa shape index (κ3) is 1.94. The van der Waals surface area contributed by atoms with Crippen LogP contribution in [-0.2, 0) is 0 Å². The zero-order chi connectivity index (χ0) is 11.7. The number of aldehydes is 1. The number of carbonyl (C=O) groups excluding carboxylic acids is 1. The van der Waals surface area contributed by atoms with Gasteiger partial charge < -0.3 is 4.90 Å². The number of anilines is 1. The molecule has 0 saturated heterocycles. The molecule has 0 bridgehead atoms. The predicted molar refractivity (Wildman–Crippen MR) is 62.4 cm³/mol. The normalized spacial score (nSPS) is 16.9. The molecule has 0 N–H and O–H groups in total. The highest BCUT2D eigenvalue weighted by atomic mass is 19.1. The molecule has 1 unspecified atom stereocenters. The van der Waals surface area contributed by atoms with Gasteiger partial charge in [0.1, 0.15) is 5.82 Å². The molecule has 86 valence electrons. The van der Waals surface area contributed by atoms with Crippen molar-refractivity contribution in [2.24, 2.45) is 5.92 Å². The Kier molecular flexibility index (Phi) is 2.95. The van der Waals surface area contributed by atoms with Crippen molar-refractivity contribution in [3.63, 3.8) is 0 Å². The van der Waals surface area contributed by atoms with Gasteiger partial charge in [-0.25, -0.2) is 4.39 Å². The quantitative estimate of drug-likeness (QED) is 0.729. The van der Waals surface area contributed by atoms with Crippen molar-refractivity contribution in [2.75, 3.05) is 11.9 Å². The maximum absolute atomic E-state index is 13.4. The lowest BCUT2D eigenvalue weighted by atomic mass is 10.1. The predicted octanol–water partition coefficient (Wildman–Crippen LogP) is 2.87. The lowest BCUT2D eigenvalue weighted by Gasteiger charge is -2.28. The van der Waals surface area contributed by atoms with E-state index in [0.29, 0.717) is 23.9 Å². The van der Waals surface area contributed by atoms with Crippen LogP contribution in [-0.4, -0.2) is 19.4 Å². The molecule has 0 amide bonds. The molecule has 1 atom stereocenters. The third-order valence-corrected chi connectivity index (χ3v) is 3.44. The average Bonchev–Trinajstić information content (AvgIpc) is 3.10. The lowest BCUT2D eigenvalue weighted by molar-refractivity contribution is 0.112. The van der Waals surface area contributed by atoms with E-state index in [1.54, 1.807) is 12.1 Å². The molecule has 2 nitrogen and oxygen atoms in total. The number of rotatable bonds is 4. The van der Waals surface area contributed by atoms with E-state index in [2.05, 4.69) is 6.92 Å². The summed E-state index contributed by atoms with van der Waals surface area (Å²) in [6, 6.07) is 5.13. The van der Waals surface area contributed by atoms with Crippen molar-refractivity contribution in [1.29, 1.82) is 0 Å². The van der Waals surface area contributed by atoms with E-state index in [1.807, 2.05) is 11.9 Å². The number of halogens is 1. The molecule has 2 rings (SSSR count). The summed E-state index contributed by atoms with van der Waals surface area (Å²) in [5.74, 6) is 0.245. The van der Waals surface area contributed by atoms with Gasteiger partial charge in [-0.05, 0) is 37.8 Å². The van der Waals surface area contributed by atoms with Gasteiger partial charge in [-0.1, -0.05) is 6.07 Å². The molecule has 1 aromatic carbocycles. The van der Waals surface area contributed by atoms with Gasteiger partial charge in [-0.3, -0.25) is 4.79 Å². The zero-order valence-corrected chi connectivity index (χ0v) is 9.61. The van der Waals surface area contributed by atoms with Crippen molar-refractivity contribution < 1.29 is 9.18 Å². The van der Waals surface area contributed by atoms with Crippen LogP contribution in [0, 0.1) is 11.7 Å². The molecular weight excluding hydrogens is 205 g/mol. The van der Waals surface area contributed by atoms with E-state index in [4.69, 9.17) is 0 Å². The number of nitrogens with zero attached hydrogens (tertiary/aromatic N) is 1. The van der Waals surface area contributed by atoms with Gasteiger partial charge in [-0.2, -0.15) is 0 Å². The van der Waals surface area contributed by atoms with Crippen LogP contribution in [0.5, 0.6) is 0 Å². The van der Waals surface area contributed by atoms with E-state index in [0.717, 1.165) is 0 Å². The summed E-state index contributed by atoms with van der Waals surface area (Å²) in [4.78, 5) is 12.9. The first-order chi connectivity index (χ1) is 7.65. The fourth-order valence-electron chi connectivity index (χ4n) is 2.06. The molecule has 1 aromatic rings. The molecule has 16 heavy (non-hydrogen) atoms. The molecule has 0 radical (unpaired) electrons. The van der Waals surface area contributed by atoms with Gasteiger partial charge >= 0.3 is 0 Å². The minimum Gasteiger partial charge on any atom is -0.371 e. The third-order valence-electron chi connectivity index (χ3n) is 3.44. The van der Waals surface area contributed by atoms with Crippen molar-refractivity contribution >= 4 is 12.0 Å². The van der Waals surface area contributed by atoms with E-state index in [9.17, 15) is 9.18 Å². The second kappa shape index (κ2) is 4.24. The summed E-state index contributed by atoms with van der Waals surface area (Å²) in [6.07, 6.45) is 3.06. The van der Waals surface area contributed by atoms with Crippen LogP contribution < -0.4 is 4.90 Å². The molecule has 0 aromatic heterocycles. The monoisotopic (exact) mass is 221 g/mol. The highest BCUT2D eigenvalue weighted by Gasteiger charge is 2.31. The SMILES string of the molecule is CC(C1CC1)N(C)c1cccc(F)c1C=O. The van der Waals surface area contributed by atoms with E-state index in [-0.39, 0.29) is 5.56 Å². The largest absolute Gasteiger partial charge is 0.371 e. The summed E-state index contributed by atoms with van der Waals surface area (Å²) in [7, 11) is 1.92. The molecule has 0 aliphatic heterocycles. The fraction of sp³-hybridized carbons (Fsp3) is 0.462. The Balaban J connectivity index is 2.31. The van der Waals surface area contributed by atoms with Crippen molar-refractivity contribution in [3.8, 4) is 0 Å². The zero-order valence-electron chi connectivity index (χ0n) is 9.61. The van der Waals surface area contributed by atoms with Gasteiger partial charge in [0.05, 0.1) is 11.3 Å². The Bertz CT molecular complexity index is 401. The lowest BCUT2D eigenvalue weighted by Crippen LogP contribution is -2.31. The number of hydrogen-bond donors (Lipinski definition) is 0. The maximum Gasteiger partial charge on any atom is 0.155 e. The van der Waals surface area contributed by atoms with Gasteiger partial charge in [0.25, 0.3) is 0 Å². The summed E-state index contributed by atoms with van der Waals surface area (Å²) in [5.41, 5.74) is 0.854. The number of carbonyl (C=O) groups is 1. The van der Waals surface area contributed by atoms with Crippen LogP contribution in [0.3, 0.4) is 0 Å². The van der Waals surface area contributed by atoms with E-state index >= 15 is 0 Å². The highest BCUT2D eigenvalue weighted by molar-refractivity contribution is 5.85. The van der Waals surface area contributed by atoms with Crippen LogP contribution in [0.4, 0.5) is 10.1 Å². The fourth-order valence-corrected chi connectivity index (χ4v) is 2.06. The first-order valence-electron chi connectivity index (χ1n) is 5.61. The van der Waals surface area contributed by atoms with Crippen LogP contribution in [0.15, 0.2) is 18.2 Å². The average molecular weight is 221 g/mol. The second-order valence-corrected chi connectivity index (χ2v) is 4.48. The minimum atomic E-state index is -0.442. The van der Waals surface area contributed by atoms with E-state index < -0.39 is 5.82 Å². The van der Waals surface area contributed by atoms with Gasteiger partial charge in [0.2, 0.25) is 0 Å². The Morgan fingerprint density at radius 1 is 1.50 bits per heavy atom. The highest BCUT2D eigenvalue weighted by Crippen LogP contribution is 2.37. The molecular formula is C13H16FNO. The Morgan fingerprint density at radius 2 is 2.19 bits per heavy atom. The van der Waals surface area contributed by atoms with Crippen LogP contribution >= 0.6 is 0 Å². The van der Waals surface area contributed by atoms with Crippen LogP contribution in [0.1, 0.15) is 30.1 Å².